The second kappa shape index (κ2) is 6.41. The van der Waals surface area contributed by atoms with Gasteiger partial charge in [-0.3, -0.25) is 9.59 Å². The van der Waals surface area contributed by atoms with E-state index in [1.165, 1.54) is 13.8 Å². The molecule has 1 aromatic rings. The van der Waals surface area contributed by atoms with Crippen LogP contribution in [0.5, 0.6) is 11.5 Å². The highest BCUT2D eigenvalue weighted by atomic mass is 16.5. The molecule has 0 bridgehead atoms. The van der Waals surface area contributed by atoms with Gasteiger partial charge in [-0.15, -0.1) is 0 Å². The zero-order chi connectivity index (χ0) is 15.4. The fourth-order valence-electron chi connectivity index (χ4n) is 2.08. The Kier molecular flexibility index (Phi) is 5.13. The summed E-state index contributed by atoms with van der Waals surface area (Å²) in [7, 11) is 1.56. The van der Waals surface area contributed by atoms with Crippen molar-refractivity contribution >= 4 is 11.9 Å². The van der Waals surface area contributed by atoms with Crippen LogP contribution in [0.3, 0.4) is 0 Å². The van der Waals surface area contributed by atoms with E-state index < -0.39 is 0 Å². The molecule has 0 spiro atoms. The zero-order valence-corrected chi connectivity index (χ0v) is 12.7. The fourth-order valence-corrected chi connectivity index (χ4v) is 2.08. The van der Waals surface area contributed by atoms with Crippen molar-refractivity contribution in [3.63, 3.8) is 0 Å². The number of rotatable bonds is 4. The van der Waals surface area contributed by atoms with Gasteiger partial charge in [-0.25, -0.2) is 0 Å². The average Bonchev–Trinajstić information content (AvgIpc) is 2.36. The van der Waals surface area contributed by atoms with Crippen molar-refractivity contribution in [2.75, 3.05) is 7.11 Å². The molecule has 0 aliphatic rings. The van der Waals surface area contributed by atoms with Crippen LogP contribution >= 0.6 is 0 Å². The lowest BCUT2D eigenvalue weighted by Crippen LogP contribution is -2.10. The molecule has 0 saturated heterocycles. The molecule has 0 aromatic heterocycles. The minimum Gasteiger partial charge on any atom is -0.496 e. The highest BCUT2D eigenvalue weighted by Gasteiger charge is 2.20. The lowest BCUT2D eigenvalue weighted by atomic mass is 9.97. The summed E-state index contributed by atoms with van der Waals surface area (Å²) in [6.45, 7) is 8.32. The summed E-state index contributed by atoms with van der Waals surface area (Å²) in [4.78, 5) is 22.2. The third kappa shape index (κ3) is 3.29. The van der Waals surface area contributed by atoms with Gasteiger partial charge >= 0.3 is 11.9 Å². The number of carbonyl (C=O) groups excluding carboxylic acids is 2. The third-order valence-corrected chi connectivity index (χ3v) is 3.18. The van der Waals surface area contributed by atoms with Gasteiger partial charge in [0.05, 0.1) is 7.11 Å². The number of ether oxygens (including phenoxy) is 3. The molecular formula is C15H20O5. The highest BCUT2D eigenvalue weighted by molar-refractivity contribution is 5.72. The first-order chi connectivity index (χ1) is 9.29. The molecule has 20 heavy (non-hydrogen) atoms. The predicted octanol–water partition coefficient (Wildman–Crippen LogP) is 2.61. The van der Waals surface area contributed by atoms with Crippen molar-refractivity contribution in [3.8, 4) is 11.5 Å². The molecule has 0 radical (unpaired) electrons. The van der Waals surface area contributed by atoms with Crippen LogP contribution in [0.15, 0.2) is 0 Å². The Balaban J connectivity index is 3.42. The smallest absolute Gasteiger partial charge is 0.308 e. The molecule has 0 unspecified atom stereocenters. The summed E-state index contributed by atoms with van der Waals surface area (Å²) in [5.41, 5.74) is 3.14. The Morgan fingerprint density at radius 3 is 1.90 bits per heavy atom. The van der Waals surface area contributed by atoms with Crippen molar-refractivity contribution in [3.05, 3.63) is 22.3 Å². The quantitative estimate of drug-likeness (QED) is 0.626. The fraction of sp³-hybridized carbons (Fsp3) is 0.467. The molecule has 1 aromatic carbocycles. The second-order valence-corrected chi connectivity index (χ2v) is 4.59. The minimum absolute atomic E-state index is 0.0831. The summed E-state index contributed by atoms with van der Waals surface area (Å²) >= 11 is 0. The molecule has 5 nitrogen and oxygen atoms in total. The molecule has 0 aliphatic carbocycles. The van der Waals surface area contributed by atoms with Crippen molar-refractivity contribution in [2.45, 2.75) is 41.2 Å². The van der Waals surface area contributed by atoms with Gasteiger partial charge in [-0.05, 0) is 31.9 Å². The Labute approximate surface area is 118 Å². The van der Waals surface area contributed by atoms with E-state index in [1.54, 1.807) is 7.11 Å². The standard InChI is InChI=1S/C15H20O5/c1-8-9(2)15(18-6)13(7-19-11(4)16)10(3)14(8)20-12(5)17/h7H2,1-6H3. The van der Waals surface area contributed by atoms with Gasteiger partial charge in [-0.1, -0.05) is 0 Å². The molecule has 0 saturated carbocycles. The summed E-state index contributed by atoms with van der Waals surface area (Å²) in [6.07, 6.45) is 0. The van der Waals surface area contributed by atoms with Crippen molar-refractivity contribution in [1.29, 1.82) is 0 Å². The van der Waals surface area contributed by atoms with Crippen molar-refractivity contribution in [2.24, 2.45) is 0 Å². The molecule has 1 rings (SSSR count). The topological polar surface area (TPSA) is 61.8 Å². The van der Waals surface area contributed by atoms with Crippen molar-refractivity contribution in [1.82, 2.24) is 0 Å². The molecule has 0 atom stereocenters. The average molecular weight is 280 g/mol. The van der Waals surface area contributed by atoms with Gasteiger partial charge < -0.3 is 14.2 Å². The summed E-state index contributed by atoms with van der Waals surface area (Å²) < 4.78 is 15.7. The number of esters is 2. The molecular weight excluding hydrogens is 260 g/mol. The van der Waals surface area contributed by atoms with E-state index in [1.807, 2.05) is 20.8 Å². The monoisotopic (exact) mass is 280 g/mol. The summed E-state index contributed by atoms with van der Waals surface area (Å²) in [5, 5.41) is 0. The van der Waals surface area contributed by atoms with Gasteiger partial charge in [-0.2, -0.15) is 0 Å². The van der Waals surface area contributed by atoms with E-state index >= 15 is 0 Å². The van der Waals surface area contributed by atoms with Crippen LogP contribution in [0.25, 0.3) is 0 Å². The molecule has 5 heteroatoms. The largest absolute Gasteiger partial charge is 0.496 e. The lowest BCUT2D eigenvalue weighted by Gasteiger charge is -2.20. The van der Waals surface area contributed by atoms with Gasteiger partial charge in [0.1, 0.15) is 18.1 Å². The van der Waals surface area contributed by atoms with Crippen LogP contribution in [0.1, 0.15) is 36.1 Å². The van der Waals surface area contributed by atoms with E-state index in [-0.39, 0.29) is 18.5 Å². The zero-order valence-electron chi connectivity index (χ0n) is 12.7. The molecule has 0 heterocycles. The van der Waals surface area contributed by atoms with Crippen LogP contribution < -0.4 is 9.47 Å². The lowest BCUT2D eigenvalue weighted by molar-refractivity contribution is -0.142. The first-order valence-corrected chi connectivity index (χ1v) is 6.28. The van der Waals surface area contributed by atoms with Crippen LogP contribution in [0.2, 0.25) is 0 Å². The Morgan fingerprint density at radius 2 is 1.45 bits per heavy atom. The van der Waals surface area contributed by atoms with Crippen molar-refractivity contribution < 1.29 is 23.8 Å². The number of hydrogen-bond acceptors (Lipinski definition) is 5. The molecule has 110 valence electrons. The van der Waals surface area contributed by atoms with Gasteiger partial charge in [0.2, 0.25) is 0 Å². The Bertz CT molecular complexity index is 546. The second-order valence-electron chi connectivity index (χ2n) is 4.59. The number of carbonyl (C=O) groups is 2. The molecule has 0 aliphatic heterocycles. The third-order valence-electron chi connectivity index (χ3n) is 3.18. The maximum absolute atomic E-state index is 11.2. The van der Waals surface area contributed by atoms with Gasteiger partial charge in [0, 0.05) is 25.0 Å². The van der Waals surface area contributed by atoms with Crippen LogP contribution in [-0.2, 0) is 20.9 Å². The SMILES string of the molecule is COc1c(C)c(C)c(OC(C)=O)c(C)c1COC(C)=O. The van der Waals surface area contributed by atoms with E-state index in [4.69, 9.17) is 14.2 Å². The maximum Gasteiger partial charge on any atom is 0.308 e. The highest BCUT2D eigenvalue weighted by Crippen LogP contribution is 2.38. The first-order valence-electron chi connectivity index (χ1n) is 6.28. The minimum atomic E-state index is -0.390. The number of benzene rings is 1. The Morgan fingerprint density at radius 1 is 0.900 bits per heavy atom. The van der Waals surface area contributed by atoms with Crippen LogP contribution in [0, 0.1) is 20.8 Å². The van der Waals surface area contributed by atoms with Gasteiger partial charge in [0.15, 0.2) is 0 Å². The van der Waals surface area contributed by atoms with Crippen LogP contribution in [0.4, 0.5) is 0 Å². The van der Waals surface area contributed by atoms with Gasteiger partial charge in [0.25, 0.3) is 0 Å². The van der Waals surface area contributed by atoms with Crippen LogP contribution in [-0.4, -0.2) is 19.0 Å². The predicted molar refractivity (Wildman–Crippen MR) is 74.0 cm³/mol. The Hall–Kier alpha value is -2.04. The molecule has 0 N–H and O–H groups in total. The molecule has 0 amide bonds. The summed E-state index contributed by atoms with van der Waals surface area (Å²) in [5.74, 6) is 0.382. The van der Waals surface area contributed by atoms with E-state index in [0.29, 0.717) is 17.1 Å². The van der Waals surface area contributed by atoms with E-state index in [0.717, 1.165) is 16.7 Å². The number of hydrogen-bond donors (Lipinski definition) is 0. The van der Waals surface area contributed by atoms with E-state index in [9.17, 15) is 9.59 Å². The van der Waals surface area contributed by atoms with E-state index in [2.05, 4.69) is 0 Å². The maximum atomic E-state index is 11.2. The first kappa shape index (κ1) is 16.0. The normalized spacial score (nSPS) is 10.1. The summed E-state index contributed by atoms with van der Waals surface area (Å²) in [6, 6.07) is 0. The number of methoxy groups -OCH3 is 1. The molecule has 0 fully saturated rings.